The molecule has 1 aromatic heterocycles. The SMILES string of the molecule is CNCCOCCn1ccnc1C. The van der Waals surface area contributed by atoms with Crippen LogP contribution in [0.2, 0.25) is 0 Å². The van der Waals surface area contributed by atoms with E-state index in [2.05, 4.69) is 14.9 Å². The number of nitrogens with zero attached hydrogens (tertiary/aromatic N) is 2. The zero-order valence-electron chi connectivity index (χ0n) is 8.29. The van der Waals surface area contributed by atoms with E-state index in [-0.39, 0.29) is 0 Å². The molecule has 1 rings (SSSR count). The molecular weight excluding hydrogens is 166 g/mol. The number of aryl methyl sites for hydroxylation is 1. The van der Waals surface area contributed by atoms with Crippen LogP contribution in [0.25, 0.3) is 0 Å². The fourth-order valence-electron chi connectivity index (χ4n) is 1.08. The summed E-state index contributed by atoms with van der Waals surface area (Å²) in [6.07, 6.45) is 3.78. The first kappa shape index (κ1) is 10.2. The Hall–Kier alpha value is -0.870. The molecule has 0 aromatic carbocycles. The zero-order chi connectivity index (χ0) is 9.52. The Kier molecular flexibility index (Phi) is 4.49. The predicted molar refractivity (Wildman–Crippen MR) is 51.7 cm³/mol. The summed E-state index contributed by atoms with van der Waals surface area (Å²) in [4.78, 5) is 4.13. The minimum atomic E-state index is 0.749. The molecule has 0 atom stereocenters. The van der Waals surface area contributed by atoms with Gasteiger partial charge in [-0.25, -0.2) is 4.98 Å². The van der Waals surface area contributed by atoms with Gasteiger partial charge in [-0.2, -0.15) is 0 Å². The molecular formula is C9H17N3O. The van der Waals surface area contributed by atoms with Crippen molar-refractivity contribution in [1.82, 2.24) is 14.9 Å². The molecule has 4 heteroatoms. The lowest BCUT2D eigenvalue weighted by Crippen LogP contribution is -2.16. The Morgan fingerprint density at radius 3 is 3.00 bits per heavy atom. The van der Waals surface area contributed by atoms with E-state index in [1.54, 1.807) is 0 Å². The molecule has 0 bridgehead atoms. The van der Waals surface area contributed by atoms with Crippen molar-refractivity contribution in [3.63, 3.8) is 0 Å². The largest absolute Gasteiger partial charge is 0.378 e. The highest BCUT2D eigenvalue weighted by molar-refractivity contribution is 4.87. The van der Waals surface area contributed by atoms with E-state index in [1.165, 1.54) is 0 Å². The van der Waals surface area contributed by atoms with Crippen molar-refractivity contribution in [1.29, 1.82) is 0 Å². The van der Waals surface area contributed by atoms with Crippen LogP contribution in [0, 0.1) is 6.92 Å². The van der Waals surface area contributed by atoms with E-state index < -0.39 is 0 Å². The van der Waals surface area contributed by atoms with Gasteiger partial charge in [-0.05, 0) is 14.0 Å². The van der Waals surface area contributed by atoms with Crippen molar-refractivity contribution >= 4 is 0 Å². The molecule has 0 aliphatic rings. The van der Waals surface area contributed by atoms with E-state index in [0.29, 0.717) is 0 Å². The lowest BCUT2D eigenvalue weighted by atomic mass is 10.6. The van der Waals surface area contributed by atoms with Crippen LogP contribution in [0.3, 0.4) is 0 Å². The molecule has 0 unspecified atom stereocenters. The Bertz CT molecular complexity index is 235. The van der Waals surface area contributed by atoms with Crippen molar-refractivity contribution in [2.24, 2.45) is 0 Å². The summed E-state index contributed by atoms with van der Waals surface area (Å²) in [5.74, 6) is 1.04. The summed E-state index contributed by atoms with van der Waals surface area (Å²) >= 11 is 0. The first-order valence-electron chi connectivity index (χ1n) is 4.54. The smallest absolute Gasteiger partial charge is 0.105 e. The summed E-state index contributed by atoms with van der Waals surface area (Å²) < 4.78 is 7.47. The average molecular weight is 183 g/mol. The number of imidazole rings is 1. The Labute approximate surface area is 78.9 Å². The van der Waals surface area contributed by atoms with Gasteiger partial charge in [-0.15, -0.1) is 0 Å². The van der Waals surface area contributed by atoms with E-state index in [9.17, 15) is 0 Å². The second kappa shape index (κ2) is 5.72. The molecule has 0 aliphatic carbocycles. The maximum atomic E-state index is 5.39. The zero-order valence-corrected chi connectivity index (χ0v) is 8.29. The second-order valence-electron chi connectivity index (χ2n) is 2.88. The number of hydrogen-bond acceptors (Lipinski definition) is 3. The molecule has 74 valence electrons. The third kappa shape index (κ3) is 3.57. The van der Waals surface area contributed by atoms with Crippen molar-refractivity contribution in [3.05, 3.63) is 18.2 Å². The van der Waals surface area contributed by atoms with E-state index >= 15 is 0 Å². The Morgan fingerprint density at radius 2 is 2.38 bits per heavy atom. The summed E-state index contributed by atoms with van der Waals surface area (Å²) in [6, 6.07) is 0. The highest BCUT2D eigenvalue weighted by Crippen LogP contribution is 1.94. The predicted octanol–water partition coefficient (Wildman–Crippen LogP) is 0.428. The molecule has 0 spiro atoms. The van der Waals surface area contributed by atoms with Crippen LogP contribution < -0.4 is 5.32 Å². The topological polar surface area (TPSA) is 39.1 Å². The maximum absolute atomic E-state index is 5.39. The number of hydrogen-bond donors (Lipinski definition) is 1. The van der Waals surface area contributed by atoms with Gasteiger partial charge < -0.3 is 14.6 Å². The van der Waals surface area contributed by atoms with Crippen LogP contribution in [0.4, 0.5) is 0 Å². The first-order valence-corrected chi connectivity index (χ1v) is 4.54. The normalized spacial score (nSPS) is 10.6. The maximum Gasteiger partial charge on any atom is 0.105 e. The van der Waals surface area contributed by atoms with Gasteiger partial charge in [0.15, 0.2) is 0 Å². The van der Waals surface area contributed by atoms with E-state index in [4.69, 9.17) is 4.74 Å². The molecule has 0 amide bonds. The number of rotatable bonds is 6. The minimum Gasteiger partial charge on any atom is -0.378 e. The number of aromatic nitrogens is 2. The van der Waals surface area contributed by atoms with Crippen LogP contribution in [0.5, 0.6) is 0 Å². The minimum absolute atomic E-state index is 0.749. The Balaban J connectivity index is 2.10. The monoisotopic (exact) mass is 183 g/mol. The summed E-state index contributed by atoms with van der Waals surface area (Å²) in [6.45, 7) is 5.30. The van der Waals surface area contributed by atoms with Gasteiger partial charge in [-0.3, -0.25) is 0 Å². The third-order valence-electron chi connectivity index (χ3n) is 1.90. The molecule has 0 saturated heterocycles. The lowest BCUT2D eigenvalue weighted by Gasteiger charge is -2.05. The lowest BCUT2D eigenvalue weighted by molar-refractivity contribution is 0.129. The molecule has 1 heterocycles. The van der Waals surface area contributed by atoms with Crippen LogP contribution in [0.15, 0.2) is 12.4 Å². The fraction of sp³-hybridized carbons (Fsp3) is 0.667. The van der Waals surface area contributed by atoms with Gasteiger partial charge in [0.05, 0.1) is 13.2 Å². The molecule has 0 radical (unpaired) electrons. The van der Waals surface area contributed by atoms with Crippen LogP contribution in [-0.2, 0) is 11.3 Å². The number of nitrogens with one attached hydrogen (secondary N) is 1. The van der Waals surface area contributed by atoms with Crippen molar-refractivity contribution in [2.45, 2.75) is 13.5 Å². The number of ether oxygens (including phenoxy) is 1. The molecule has 1 aromatic rings. The summed E-state index contributed by atoms with van der Waals surface area (Å²) in [5.41, 5.74) is 0. The Morgan fingerprint density at radius 1 is 1.54 bits per heavy atom. The molecule has 13 heavy (non-hydrogen) atoms. The highest BCUT2D eigenvalue weighted by atomic mass is 16.5. The number of likely N-dealkylation sites (N-methyl/N-ethyl adjacent to an activating group) is 1. The van der Waals surface area contributed by atoms with Gasteiger partial charge in [-0.1, -0.05) is 0 Å². The van der Waals surface area contributed by atoms with Crippen molar-refractivity contribution in [3.8, 4) is 0 Å². The van der Waals surface area contributed by atoms with Gasteiger partial charge >= 0.3 is 0 Å². The second-order valence-corrected chi connectivity index (χ2v) is 2.88. The molecule has 0 aliphatic heterocycles. The average Bonchev–Trinajstić information content (AvgIpc) is 2.52. The summed E-state index contributed by atoms with van der Waals surface area (Å²) in [5, 5.41) is 3.03. The third-order valence-corrected chi connectivity index (χ3v) is 1.90. The van der Waals surface area contributed by atoms with Crippen LogP contribution in [0.1, 0.15) is 5.82 Å². The van der Waals surface area contributed by atoms with Crippen molar-refractivity contribution in [2.75, 3.05) is 26.8 Å². The quantitative estimate of drug-likeness (QED) is 0.650. The van der Waals surface area contributed by atoms with Crippen LogP contribution >= 0.6 is 0 Å². The molecule has 4 nitrogen and oxygen atoms in total. The first-order chi connectivity index (χ1) is 6.34. The van der Waals surface area contributed by atoms with Crippen molar-refractivity contribution < 1.29 is 4.74 Å². The molecule has 1 N–H and O–H groups in total. The van der Waals surface area contributed by atoms with Gasteiger partial charge in [0.1, 0.15) is 5.82 Å². The van der Waals surface area contributed by atoms with E-state index in [0.717, 1.165) is 32.1 Å². The van der Waals surface area contributed by atoms with Crippen LogP contribution in [-0.4, -0.2) is 36.4 Å². The van der Waals surface area contributed by atoms with E-state index in [1.807, 2.05) is 26.4 Å². The molecule has 0 saturated carbocycles. The van der Waals surface area contributed by atoms with Gasteiger partial charge in [0.2, 0.25) is 0 Å². The fourth-order valence-corrected chi connectivity index (χ4v) is 1.08. The summed E-state index contributed by atoms with van der Waals surface area (Å²) in [7, 11) is 1.92. The molecule has 0 fully saturated rings. The highest BCUT2D eigenvalue weighted by Gasteiger charge is 1.95. The van der Waals surface area contributed by atoms with Gasteiger partial charge in [0, 0.05) is 25.5 Å². The van der Waals surface area contributed by atoms with Gasteiger partial charge in [0.25, 0.3) is 0 Å². The standard InChI is InChI=1S/C9H17N3O/c1-9-11-3-5-12(9)6-8-13-7-4-10-2/h3,5,10H,4,6-8H2,1-2H3.